The topological polar surface area (TPSA) is 117 Å². The molecular weight excluding hydrogens is 595 g/mol. The van der Waals surface area contributed by atoms with Crippen LogP contribution in [-0.4, -0.2) is 60.0 Å². The van der Waals surface area contributed by atoms with E-state index in [9.17, 15) is 31.5 Å². The van der Waals surface area contributed by atoms with Crippen LogP contribution in [0.4, 0.5) is 18.9 Å². The first-order valence-corrected chi connectivity index (χ1v) is 16.0. The smallest absolute Gasteiger partial charge is 0.390 e. The molecule has 3 aromatic carbocycles. The third kappa shape index (κ3) is 7.06. The van der Waals surface area contributed by atoms with E-state index in [0.717, 1.165) is 17.7 Å². The quantitative estimate of drug-likeness (QED) is 0.230. The Hall–Kier alpha value is -3.94. The van der Waals surface area contributed by atoms with Crippen molar-refractivity contribution in [1.29, 1.82) is 0 Å². The Labute approximate surface area is 253 Å². The number of carbonyl (C=O) groups is 1. The van der Waals surface area contributed by atoms with Gasteiger partial charge in [0.25, 0.3) is 5.91 Å². The lowest BCUT2D eigenvalue weighted by Gasteiger charge is -2.25. The van der Waals surface area contributed by atoms with Crippen molar-refractivity contribution in [3.05, 3.63) is 95.3 Å². The van der Waals surface area contributed by atoms with Crippen molar-refractivity contribution in [3.63, 3.8) is 0 Å². The van der Waals surface area contributed by atoms with E-state index in [1.54, 1.807) is 18.5 Å². The van der Waals surface area contributed by atoms with Crippen LogP contribution in [0.3, 0.4) is 0 Å². The van der Waals surface area contributed by atoms with Gasteiger partial charge in [-0.1, -0.05) is 48.5 Å². The molecule has 2 heterocycles. The highest BCUT2D eigenvalue weighted by Crippen LogP contribution is 2.33. The van der Waals surface area contributed by atoms with Crippen LogP contribution in [0.1, 0.15) is 40.4 Å². The van der Waals surface area contributed by atoms with Gasteiger partial charge in [-0.3, -0.25) is 9.10 Å². The van der Waals surface area contributed by atoms with Crippen LogP contribution in [0.25, 0.3) is 11.0 Å². The fourth-order valence-corrected chi connectivity index (χ4v) is 6.96. The fourth-order valence-electron chi connectivity index (χ4n) is 5.40. The standard InChI is InChI=1S/C31H34F3N5O4S/c1-2-38-20-36-29-26(38)16-23(17-27(29)39-12-7-13-44(39,42)43)30(41)37-25(15-21-8-4-3-5-9-21)28(40)19-35-18-22-10-6-11-24(14-22)31(32,33)34/h3-6,8-11,14,16-17,20,25,28,35,40H,2,7,12-13,15,18-19H2,1H3,(H,37,41)/t25-,28+/m0/s1. The zero-order valence-corrected chi connectivity index (χ0v) is 24.9. The van der Waals surface area contributed by atoms with E-state index >= 15 is 0 Å². The van der Waals surface area contributed by atoms with Crippen LogP contribution >= 0.6 is 0 Å². The Balaban J connectivity index is 1.38. The van der Waals surface area contributed by atoms with Crippen LogP contribution in [-0.2, 0) is 35.7 Å². The normalized spacial score (nSPS) is 16.2. The first-order chi connectivity index (χ1) is 21.0. The number of anilines is 1. The lowest BCUT2D eigenvalue weighted by atomic mass is 10.00. The average molecular weight is 630 g/mol. The summed E-state index contributed by atoms with van der Waals surface area (Å²) >= 11 is 0. The summed E-state index contributed by atoms with van der Waals surface area (Å²) in [6.45, 7) is 2.83. The van der Waals surface area contributed by atoms with Crippen LogP contribution in [0.5, 0.6) is 0 Å². The summed E-state index contributed by atoms with van der Waals surface area (Å²) in [6, 6.07) is 16.6. The summed E-state index contributed by atoms with van der Waals surface area (Å²) in [6.07, 6.45) is -3.21. The molecule has 2 atom stereocenters. The molecule has 0 unspecified atom stereocenters. The molecule has 0 bridgehead atoms. The lowest BCUT2D eigenvalue weighted by molar-refractivity contribution is -0.137. The third-order valence-electron chi connectivity index (χ3n) is 7.69. The number of aromatic nitrogens is 2. The number of hydrogen-bond acceptors (Lipinski definition) is 6. The minimum atomic E-state index is -4.46. The third-order valence-corrected chi connectivity index (χ3v) is 9.55. The van der Waals surface area contributed by atoms with E-state index in [1.807, 2.05) is 41.8 Å². The van der Waals surface area contributed by atoms with Gasteiger partial charge < -0.3 is 20.3 Å². The van der Waals surface area contributed by atoms with Crippen LogP contribution in [0.2, 0.25) is 0 Å². The Kier molecular flexibility index (Phi) is 9.28. The molecule has 9 nitrogen and oxygen atoms in total. The van der Waals surface area contributed by atoms with E-state index in [4.69, 9.17) is 0 Å². The molecule has 0 spiro atoms. The zero-order chi connectivity index (χ0) is 31.5. The molecular formula is C31H34F3N5O4S. The average Bonchev–Trinajstić information content (AvgIpc) is 3.58. The number of carbonyl (C=O) groups excluding carboxylic acids is 1. The molecule has 4 aromatic rings. The molecule has 1 amide bonds. The molecule has 0 radical (unpaired) electrons. The molecule has 1 aliphatic heterocycles. The Morgan fingerprint density at radius 3 is 2.50 bits per heavy atom. The number of nitrogens with one attached hydrogen (secondary N) is 2. The number of hydrogen-bond donors (Lipinski definition) is 3. The number of benzene rings is 3. The van der Waals surface area contributed by atoms with Crippen molar-refractivity contribution in [1.82, 2.24) is 20.2 Å². The van der Waals surface area contributed by atoms with Gasteiger partial charge in [0.2, 0.25) is 10.0 Å². The maximum Gasteiger partial charge on any atom is 0.416 e. The van der Waals surface area contributed by atoms with E-state index < -0.39 is 39.8 Å². The van der Waals surface area contributed by atoms with Crippen molar-refractivity contribution in [2.75, 3.05) is 23.1 Å². The van der Waals surface area contributed by atoms with E-state index in [-0.39, 0.29) is 37.4 Å². The van der Waals surface area contributed by atoms with Crippen molar-refractivity contribution in [2.45, 2.75) is 51.2 Å². The lowest BCUT2D eigenvalue weighted by Crippen LogP contribution is -2.48. The molecule has 1 aliphatic rings. The highest BCUT2D eigenvalue weighted by Gasteiger charge is 2.32. The van der Waals surface area contributed by atoms with Crippen molar-refractivity contribution in [3.8, 4) is 0 Å². The highest BCUT2D eigenvalue weighted by molar-refractivity contribution is 7.93. The first kappa shape index (κ1) is 31.5. The summed E-state index contributed by atoms with van der Waals surface area (Å²) in [5.74, 6) is -0.496. The van der Waals surface area contributed by atoms with Gasteiger partial charge in [-0.15, -0.1) is 0 Å². The number of halogens is 3. The molecule has 0 saturated carbocycles. The summed E-state index contributed by atoms with van der Waals surface area (Å²) in [5, 5.41) is 17.1. The first-order valence-electron chi connectivity index (χ1n) is 14.4. The molecule has 3 N–H and O–H groups in total. The van der Waals surface area contributed by atoms with E-state index in [0.29, 0.717) is 35.2 Å². The van der Waals surface area contributed by atoms with Gasteiger partial charge in [0, 0.05) is 31.7 Å². The molecule has 44 heavy (non-hydrogen) atoms. The molecule has 5 rings (SSSR count). The van der Waals surface area contributed by atoms with Crippen molar-refractivity contribution < 1.29 is 31.5 Å². The second kappa shape index (κ2) is 13.0. The molecule has 0 aliphatic carbocycles. The molecule has 234 valence electrons. The number of aliphatic hydroxyl groups is 1. The number of fused-ring (bicyclic) bond motifs is 1. The monoisotopic (exact) mass is 629 g/mol. The summed E-state index contributed by atoms with van der Waals surface area (Å²) in [5.41, 5.74) is 2.15. The zero-order valence-electron chi connectivity index (χ0n) is 24.1. The van der Waals surface area contributed by atoms with E-state index in [2.05, 4.69) is 15.6 Å². The number of rotatable bonds is 11. The number of imidazole rings is 1. The number of sulfonamides is 1. The van der Waals surface area contributed by atoms with Gasteiger partial charge in [-0.05, 0) is 49.1 Å². The Morgan fingerprint density at radius 1 is 1.07 bits per heavy atom. The minimum Gasteiger partial charge on any atom is -0.390 e. The van der Waals surface area contributed by atoms with Gasteiger partial charge >= 0.3 is 6.18 Å². The number of amides is 1. The number of aliphatic hydroxyl groups excluding tert-OH is 1. The predicted molar refractivity (Wildman–Crippen MR) is 162 cm³/mol. The van der Waals surface area contributed by atoms with Gasteiger partial charge in [0.1, 0.15) is 5.52 Å². The fraction of sp³-hybridized carbons (Fsp3) is 0.355. The maximum absolute atomic E-state index is 13.7. The van der Waals surface area contributed by atoms with Crippen LogP contribution in [0.15, 0.2) is 73.1 Å². The largest absolute Gasteiger partial charge is 0.416 e. The Bertz CT molecular complexity index is 1730. The molecule has 1 fully saturated rings. The molecule has 1 aromatic heterocycles. The van der Waals surface area contributed by atoms with E-state index in [1.165, 1.54) is 16.4 Å². The van der Waals surface area contributed by atoms with Crippen LogP contribution < -0.4 is 14.9 Å². The van der Waals surface area contributed by atoms with Crippen molar-refractivity contribution in [2.24, 2.45) is 0 Å². The van der Waals surface area contributed by atoms with Crippen LogP contribution in [0, 0.1) is 0 Å². The van der Waals surface area contributed by atoms with Gasteiger partial charge in [0.05, 0.1) is 41.0 Å². The predicted octanol–water partition coefficient (Wildman–Crippen LogP) is 4.11. The number of alkyl halides is 3. The number of aryl methyl sites for hydroxylation is 1. The molecule has 13 heteroatoms. The van der Waals surface area contributed by atoms with Gasteiger partial charge in [0.15, 0.2) is 0 Å². The second-order valence-corrected chi connectivity index (χ2v) is 12.8. The van der Waals surface area contributed by atoms with Gasteiger partial charge in [-0.25, -0.2) is 13.4 Å². The minimum absolute atomic E-state index is 0.00701. The highest BCUT2D eigenvalue weighted by atomic mass is 32.2. The summed E-state index contributed by atoms with van der Waals surface area (Å²) in [4.78, 5) is 18.2. The maximum atomic E-state index is 13.7. The van der Waals surface area contributed by atoms with Gasteiger partial charge in [-0.2, -0.15) is 13.2 Å². The summed E-state index contributed by atoms with van der Waals surface area (Å²) in [7, 11) is -3.55. The summed E-state index contributed by atoms with van der Waals surface area (Å²) < 4.78 is 68.1. The Morgan fingerprint density at radius 2 is 1.82 bits per heavy atom. The number of nitrogens with zero attached hydrogens (tertiary/aromatic N) is 3. The SMILES string of the molecule is CCn1cnc2c(N3CCCS3(=O)=O)cc(C(=O)N[C@@H](Cc3ccccc3)[C@H](O)CNCc3cccc(C(F)(F)F)c3)cc21. The molecule has 1 saturated heterocycles. The second-order valence-electron chi connectivity index (χ2n) is 10.8. The van der Waals surface area contributed by atoms with Crippen molar-refractivity contribution >= 4 is 32.7 Å².